The Labute approximate surface area is 92.4 Å². The van der Waals surface area contributed by atoms with Gasteiger partial charge in [-0.1, -0.05) is 13.3 Å². The first-order valence-electron chi connectivity index (χ1n) is 5.95. The van der Waals surface area contributed by atoms with Crippen molar-refractivity contribution in [1.82, 2.24) is 15.5 Å². The molecule has 4 nitrogen and oxygen atoms in total. The fourth-order valence-electron chi connectivity index (χ4n) is 1.77. The summed E-state index contributed by atoms with van der Waals surface area (Å²) in [7, 11) is 2.12. The Bertz CT molecular complexity index is 188. The van der Waals surface area contributed by atoms with Gasteiger partial charge < -0.3 is 15.5 Å². The van der Waals surface area contributed by atoms with Crippen molar-refractivity contribution >= 4 is 6.03 Å². The van der Waals surface area contributed by atoms with E-state index in [1.165, 1.54) is 0 Å². The van der Waals surface area contributed by atoms with Crippen LogP contribution in [0.15, 0.2) is 0 Å². The van der Waals surface area contributed by atoms with Crippen molar-refractivity contribution in [3.05, 3.63) is 0 Å². The van der Waals surface area contributed by atoms with Crippen LogP contribution < -0.4 is 10.6 Å². The lowest BCUT2D eigenvalue weighted by molar-refractivity contribution is 0.214. The molecule has 2 amide bonds. The van der Waals surface area contributed by atoms with E-state index < -0.39 is 0 Å². The van der Waals surface area contributed by atoms with E-state index in [1.807, 2.05) is 0 Å². The van der Waals surface area contributed by atoms with Crippen LogP contribution in [0.4, 0.5) is 4.79 Å². The minimum Gasteiger partial charge on any atom is -0.338 e. The number of hydrogen-bond acceptors (Lipinski definition) is 2. The molecule has 0 radical (unpaired) electrons. The van der Waals surface area contributed by atoms with Crippen LogP contribution in [-0.4, -0.2) is 43.7 Å². The van der Waals surface area contributed by atoms with Crippen LogP contribution in [0, 0.1) is 0 Å². The summed E-state index contributed by atoms with van der Waals surface area (Å²) in [5, 5.41) is 5.90. The molecule has 2 N–H and O–H groups in total. The first kappa shape index (κ1) is 12.3. The Morgan fingerprint density at radius 1 is 1.40 bits per heavy atom. The number of carbonyl (C=O) groups excluding carboxylic acids is 1. The van der Waals surface area contributed by atoms with Gasteiger partial charge in [-0.3, -0.25) is 0 Å². The molecule has 1 saturated heterocycles. The molecule has 15 heavy (non-hydrogen) atoms. The zero-order valence-electron chi connectivity index (χ0n) is 9.88. The van der Waals surface area contributed by atoms with Gasteiger partial charge in [-0.2, -0.15) is 0 Å². The summed E-state index contributed by atoms with van der Waals surface area (Å²) < 4.78 is 0. The maximum absolute atomic E-state index is 11.4. The van der Waals surface area contributed by atoms with Crippen LogP contribution >= 0.6 is 0 Å². The van der Waals surface area contributed by atoms with Crippen LogP contribution in [0.1, 0.15) is 32.6 Å². The first-order valence-corrected chi connectivity index (χ1v) is 5.95. The van der Waals surface area contributed by atoms with Gasteiger partial charge in [0.05, 0.1) is 0 Å². The summed E-state index contributed by atoms with van der Waals surface area (Å²) in [6, 6.07) is 0.362. The predicted octanol–water partition coefficient (Wildman–Crippen LogP) is 1.18. The van der Waals surface area contributed by atoms with Gasteiger partial charge in [-0.25, -0.2) is 4.79 Å². The number of nitrogens with one attached hydrogen (secondary N) is 2. The number of carbonyl (C=O) groups is 1. The minimum atomic E-state index is -0.00185. The number of likely N-dealkylation sites (tertiary alicyclic amines) is 1. The normalized spacial score (nSPS) is 18.8. The summed E-state index contributed by atoms with van der Waals surface area (Å²) in [6.07, 6.45) is 4.31. The van der Waals surface area contributed by atoms with Crippen LogP contribution in [-0.2, 0) is 0 Å². The Hall–Kier alpha value is -0.770. The summed E-state index contributed by atoms with van der Waals surface area (Å²) in [4.78, 5) is 13.7. The van der Waals surface area contributed by atoms with E-state index in [2.05, 4.69) is 29.5 Å². The monoisotopic (exact) mass is 213 g/mol. The van der Waals surface area contributed by atoms with E-state index in [1.54, 1.807) is 0 Å². The molecule has 4 heteroatoms. The molecule has 1 aliphatic heterocycles. The number of nitrogens with zero attached hydrogens (tertiary/aromatic N) is 1. The van der Waals surface area contributed by atoms with Crippen molar-refractivity contribution in [3.63, 3.8) is 0 Å². The summed E-state index contributed by atoms with van der Waals surface area (Å²) in [6.45, 7) is 5.07. The van der Waals surface area contributed by atoms with E-state index in [4.69, 9.17) is 0 Å². The van der Waals surface area contributed by atoms with E-state index in [-0.39, 0.29) is 6.03 Å². The number of hydrogen-bond donors (Lipinski definition) is 2. The topological polar surface area (TPSA) is 44.4 Å². The van der Waals surface area contributed by atoms with Gasteiger partial charge in [0.25, 0.3) is 0 Å². The molecule has 0 aromatic carbocycles. The third-order valence-electron chi connectivity index (χ3n) is 2.87. The van der Waals surface area contributed by atoms with E-state index in [0.29, 0.717) is 6.04 Å². The number of unbranched alkanes of at least 4 members (excludes halogenated alkanes) is 1. The van der Waals surface area contributed by atoms with Gasteiger partial charge in [0.1, 0.15) is 0 Å². The molecule has 1 fully saturated rings. The van der Waals surface area contributed by atoms with Gasteiger partial charge in [0.15, 0.2) is 0 Å². The standard InChI is InChI=1S/C11H23N3O/c1-3-4-7-12-11(15)13-10-5-8-14(2)9-6-10/h10H,3-9H2,1-2H3,(H2,12,13,15). The molecule has 0 spiro atoms. The fourth-order valence-corrected chi connectivity index (χ4v) is 1.77. The highest BCUT2D eigenvalue weighted by molar-refractivity contribution is 5.74. The fraction of sp³-hybridized carbons (Fsp3) is 0.909. The molecule has 1 aliphatic rings. The number of amides is 2. The zero-order valence-corrected chi connectivity index (χ0v) is 9.88. The smallest absolute Gasteiger partial charge is 0.315 e. The molecule has 88 valence electrons. The van der Waals surface area contributed by atoms with Crippen LogP contribution in [0.2, 0.25) is 0 Å². The number of piperidine rings is 1. The Morgan fingerprint density at radius 2 is 2.07 bits per heavy atom. The minimum absolute atomic E-state index is 0.00185. The van der Waals surface area contributed by atoms with Crippen molar-refractivity contribution in [1.29, 1.82) is 0 Å². The third kappa shape index (κ3) is 5.02. The van der Waals surface area contributed by atoms with Crippen molar-refractivity contribution in [2.45, 2.75) is 38.6 Å². The molecule has 0 aliphatic carbocycles. The molecule has 1 heterocycles. The van der Waals surface area contributed by atoms with Crippen LogP contribution in [0.3, 0.4) is 0 Å². The van der Waals surface area contributed by atoms with Crippen LogP contribution in [0.25, 0.3) is 0 Å². The summed E-state index contributed by atoms with van der Waals surface area (Å²) in [5.41, 5.74) is 0. The molecule has 1 rings (SSSR count). The lowest BCUT2D eigenvalue weighted by Gasteiger charge is -2.29. The number of rotatable bonds is 4. The van der Waals surface area contributed by atoms with E-state index in [9.17, 15) is 4.79 Å². The third-order valence-corrected chi connectivity index (χ3v) is 2.87. The Morgan fingerprint density at radius 3 is 2.67 bits per heavy atom. The highest BCUT2D eigenvalue weighted by Crippen LogP contribution is 2.07. The van der Waals surface area contributed by atoms with Gasteiger partial charge in [0, 0.05) is 12.6 Å². The average Bonchev–Trinajstić information content (AvgIpc) is 2.22. The molecule has 0 atom stereocenters. The molecular formula is C11H23N3O. The molecule has 0 bridgehead atoms. The lowest BCUT2D eigenvalue weighted by Crippen LogP contribution is -2.47. The molecule has 0 aromatic rings. The SMILES string of the molecule is CCCCNC(=O)NC1CCN(C)CC1. The highest BCUT2D eigenvalue weighted by Gasteiger charge is 2.17. The van der Waals surface area contributed by atoms with Gasteiger partial charge in [-0.05, 0) is 39.4 Å². The quantitative estimate of drug-likeness (QED) is 0.689. The van der Waals surface area contributed by atoms with Crippen molar-refractivity contribution in [2.24, 2.45) is 0 Å². The molecule has 0 aromatic heterocycles. The first-order chi connectivity index (χ1) is 7.22. The Balaban J connectivity index is 2.09. The maximum Gasteiger partial charge on any atom is 0.315 e. The maximum atomic E-state index is 11.4. The van der Waals surface area contributed by atoms with Crippen molar-refractivity contribution in [3.8, 4) is 0 Å². The second-order valence-corrected chi connectivity index (χ2v) is 4.33. The molecular weight excluding hydrogens is 190 g/mol. The number of urea groups is 1. The predicted molar refractivity (Wildman–Crippen MR) is 62.0 cm³/mol. The van der Waals surface area contributed by atoms with Gasteiger partial charge in [-0.15, -0.1) is 0 Å². The van der Waals surface area contributed by atoms with E-state index >= 15 is 0 Å². The lowest BCUT2D eigenvalue weighted by atomic mass is 10.1. The Kier molecular flexibility index (Phi) is 5.47. The largest absolute Gasteiger partial charge is 0.338 e. The van der Waals surface area contributed by atoms with Gasteiger partial charge in [0.2, 0.25) is 0 Å². The molecule has 0 saturated carbocycles. The summed E-state index contributed by atoms with van der Waals surface area (Å²) in [5.74, 6) is 0. The second-order valence-electron chi connectivity index (χ2n) is 4.33. The van der Waals surface area contributed by atoms with E-state index in [0.717, 1.165) is 45.3 Å². The summed E-state index contributed by atoms with van der Waals surface area (Å²) >= 11 is 0. The average molecular weight is 213 g/mol. The van der Waals surface area contributed by atoms with Crippen molar-refractivity contribution in [2.75, 3.05) is 26.7 Å². The second kappa shape index (κ2) is 6.67. The highest BCUT2D eigenvalue weighted by atomic mass is 16.2. The van der Waals surface area contributed by atoms with Crippen LogP contribution in [0.5, 0.6) is 0 Å². The van der Waals surface area contributed by atoms with Crippen molar-refractivity contribution < 1.29 is 4.79 Å². The van der Waals surface area contributed by atoms with Gasteiger partial charge >= 0.3 is 6.03 Å². The zero-order chi connectivity index (χ0) is 11.1. The molecule has 0 unspecified atom stereocenters.